The summed E-state index contributed by atoms with van der Waals surface area (Å²) in [6.07, 6.45) is 29.7. The van der Waals surface area contributed by atoms with Crippen molar-refractivity contribution < 1.29 is 0 Å². The average molecular weight is 451 g/mol. The van der Waals surface area contributed by atoms with Gasteiger partial charge in [0.15, 0.2) is 5.82 Å². The van der Waals surface area contributed by atoms with Crippen LogP contribution in [0.25, 0.3) is 11.4 Å². The Labute approximate surface area is 205 Å². The molecular weight excluding hydrogens is 400 g/mol. The number of rotatable bonds is 20. The predicted molar refractivity (Wildman–Crippen MR) is 145 cm³/mol. The van der Waals surface area contributed by atoms with Crippen molar-refractivity contribution in [3.8, 4) is 11.4 Å². The maximum Gasteiger partial charge on any atom is 0.159 e. The van der Waals surface area contributed by atoms with Crippen molar-refractivity contribution in [3.63, 3.8) is 0 Å². The monoisotopic (exact) mass is 450 g/mol. The second kappa shape index (κ2) is 18.7. The van der Waals surface area contributed by atoms with Gasteiger partial charge in [0.05, 0.1) is 0 Å². The Kier molecular flexibility index (Phi) is 15.6. The molecule has 0 bridgehead atoms. The minimum atomic E-state index is 0.851. The molecule has 1 heterocycles. The third kappa shape index (κ3) is 12.9. The van der Waals surface area contributed by atoms with Crippen LogP contribution in [-0.2, 0) is 12.8 Å². The van der Waals surface area contributed by atoms with Crippen molar-refractivity contribution >= 4 is 0 Å². The molecule has 184 valence electrons. The normalized spacial score (nSPS) is 11.2. The Hall–Kier alpha value is -1.70. The number of hydrogen-bond acceptors (Lipinski definition) is 2. The van der Waals surface area contributed by atoms with E-state index in [0.29, 0.717) is 0 Å². The van der Waals surface area contributed by atoms with E-state index in [0.717, 1.165) is 17.8 Å². The Morgan fingerprint density at radius 3 is 1.30 bits per heavy atom. The highest BCUT2D eigenvalue weighted by Gasteiger charge is 2.03. The standard InChI is InChI=1S/C31H50N2/c1-3-5-7-9-11-13-15-16-18-20-28-22-24-30(25-23-28)31-32-26-29(27-33-31)21-19-17-14-12-10-8-6-4-2/h22-27H,3-21H2,1-2H3. The summed E-state index contributed by atoms with van der Waals surface area (Å²) in [4.78, 5) is 9.28. The van der Waals surface area contributed by atoms with Crippen LogP contribution < -0.4 is 0 Å². The van der Waals surface area contributed by atoms with Gasteiger partial charge >= 0.3 is 0 Å². The summed E-state index contributed by atoms with van der Waals surface area (Å²) in [5, 5.41) is 0. The number of aryl methyl sites for hydroxylation is 2. The zero-order valence-corrected chi connectivity index (χ0v) is 21.8. The molecule has 33 heavy (non-hydrogen) atoms. The Morgan fingerprint density at radius 2 is 0.848 bits per heavy atom. The highest BCUT2D eigenvalue weighted by molar-refractivity contribution is 5.55. The molecule has 0 N–H and O–H groups in total. The van der Waals surface area contributed by atoms with E-state index in [4.69, 9.17) is 0 Å². The second-order valence-corrected chi connectivity index (χ2v) is 9.92. The van der Waals surface area contributed by atoms with Crippen LogP contribution in [-0.4, -0.2) is 9.97 Å². The van der Waals surface area contributed by atoms with Crippen LogP contribution >= 0.6 is 0 Å². The zero-order chi connectivity index (χ0) is 23.4. The van der Waals surface area contributed by atoms with Crippen molar-refractivity contribution in [2.45, 2.75) is 136 Å². The third-order valence-electron chi connectivity index (χ3n) is 6.81. The number of benzene rings is 1. The summed E-state index contributed by atoms with van der Waals surface area (Å²) in [6, 6.07) is 8.91. The van der Waals surface area contributed by atoms with Crippen LogP contribution in [0.2, 0.25) is 0 Å². The van der Waals surface area contributed by atoms with E-state index < -0.39 is 0 Å². The molecule has 2 aromatic rings. The summed E-state index contributed by atoms with van der Waals surface area (Å²) in [6.45, 7) is 4.57. The molecule has 1 aromatic heterocycles. The van der Waals surface area contributed by atoms with Crippen molar-refractivity contribution in [1.29, 1.82) is 0 Å². The van der Waals surface area contributed by atoms with Crippen LogP contribution in [0.15, 0.2) is 36.7 Å². The molecule has 0 aliphatic rings. The summed E-state index contributed by atoms with van der Waals surface area (Å²) < 4.78 is 0. The van der Waals surface area contributed by atoms with Gasteiger partial charge in [0, 0.05) is 18.0 Å². The summed E-state index contributed by atoms with van der Waals surface area (Å²) in [5.74, 6) is 0.851. The number of nitrogens with zero attached hydrogens (tertiary/aromatic N) is 2. The molecule has 0 aliphatic carbocycles. The fourth-order valence-corrected chi connectivity index (χ4v) is 4.56. The molecular formula is C31H50N2. The summed E-state index contributed by atoms with van der Waals surface area (Å²) >= 11 is 0. The Balaban J connectivity index is 1.59. The fraction of sp³-hybridized carbons (Fsp3) is 0.677. The molecule has 0 saturated heterocycles. The largest absolute Gasteiger partial charge is 0.236 e. The topological polar surface area (TPSA) is 25.8 Å². The van der Waals surface area contributed by atoms with Gasteiger partial charge in [-0.05, 0) is 36.8 Å². The van der Waals surface area contributed by atoms with Gasteiger partial charge in [-0.2, -0.15) is 0 Å². The maximum absolute atomic E-state index is 4.64. The van der Waals surface area contributed by atoms with Crippen molar-refractivity contribution in [2.24, 2.45) is 0 Å². The van der Waals surface area contributed by atoms with Gasteiger partial charge in [-0.3, -0.25) is 0 Å². The van der Waals surface area contributed by atoms with Crippen LogP contribution in [0.5, 0.6) is 0 Å². The quantitative estimate of drug-likeness (QED) is 0.187. The van der Waals surface area contributed by atoms with E-state index in [-0.39, 0.29) is 0 Å². The average Bonchev–Trinajstić information content (AvgIpc) is 2.85. The van der Waals surface area contributed by atoms with E-state index in [1.54, 1.807) is 0 Å². The lowest BCUT2D eigenvalue weighted by molar-refractivity contribution is 0.565. The zero-order valence-electron chi connectivity index (χ0n) is 21.8. The molecule has 0 fully saturated rings. The van der Waals surface area contributed by atoms with Crippen LogP contribution in [0.4, 0.5) is 0 Å². The lowest BCUT2D eigenvalue weighted by atomic mass is 10.0. The van der Waals surface area contributed by atoms with Gasteiger partial charge in [-0.25, -0.2) is 9.97 Å². The van der Waals surface area contributed by atoms with Gasteiger partial charge in [-0.1, -0.05) is 134 Å². The summed E-state index contributed by atoms with van der Waals surface area (Å²) in [5.41, 5.74) is 3.84. The first-order chi connectivity index (χ1) is 16.3. The molecule has 2 heteroatoms. The van der Waals surface area contributed by atoms with Gasteiger partial charge < -0.3 is 0 Å². The highest BCUT2D eigenvalue weighted by atomic mass is 14.9. The van der Waals surface area contributed by atoms with E-state index >= 15 is 0 Å². The smallest absolute Gasteiger partial charge is 0.159 e. The number of aromatic nitrogens is 2. The molecule has 0 spiro atoms. The molecule has 0 amide bonds. The molecule has 2 rings (SSSR count). The molecule has 0 aliphatic heterocycles. The van der Waals surface area contributed by atoms with Crippen LogP contribution in [0, 0.1) is 0 Å². The number of unbranched alkanes of at least 4 members (excludes halogenated alkanes) is 15. The van der Waals surface area contributed by atoms with Gasteiger partial charge in [0.1, 0.15) is 0 Å². The molecule has 2 nitrogen and oxygen atoms in total. The van der Waals surface area contributed by atoms with Gasteiger partial charge in [0.25, 0.3) is 0 Å². The van der Waals surface area contributed by atoms with Crippen molar-refractivity contribution in [2.75, 3.05) is 0 Å². The molecule has 1 aromatic carbocycles. The predicted octanol–water partition coefficient (Wildman–Crippen LogP) is 9.90. The highest BCUT2D eigenvalue weighted by Crippen LogP contribution is 2.18. The van der Waals surface area contributed by atoms with E-state index in [1.165, 1.54) is 127 Å². The Morgan fingerprint density at radius 1 is 0.455 bits per heavy atom. The first-order valence-corrected chi connectivity index (χ1v) is 14.2. The van der Waals surface area contributed by atoms with E-state index in [1.807, 2.05) is 12.4 Å². The molecule has 0 saturated carbocycles. The lowest BCUT2D eigenvalue weighted by Gasteiger charge is -2.06. The summed E-state index contributed by atoms with van der Waals surface area (Å²) in [7, 11) is 0. The SMILES string of the molecule is CCCCCCCCCCCc1ccc(-c2ncc(CCCCCCCCCC)cn2)cc1. The lowest BCUT2D eigenvalue weighted by Crippen LogP contribution is -1.94. The van der Waals surface area contributed by atoms with E-state index in [9.17, 15) is 0 Å². The Bertz CT molecular complexity index is 690. The second-order valence-electron chi connectivity index (χ2n) is 9.92. The number of hydrogen-bond donors (Lipinski definition) is 0. The molecule has 0 unspecified atom stereocenters. The van der Waals surface area contributed by atoms with Crippen molar-refractivity contribution in [1.82, 2.24) is 9.97 Å². The minimum Gasteiger partial charge on any atom is -0.236 e. The van der Waals surface area contributed by atoms with E-state index in [2.05, 4.69) is 48.1 Å². The van der Waals surface area contributed by atoms with Crippen LogP contribution in [0.3, 0.4) is 0 Å². The van der Waals surface area contributed by atoms with Gasteiger partial charge in [-0.15, -0.1) is 0 Å². The van der Waals surface area contributed by atoms with Gasteiger partial charge in [0.2, 0.25) is 0 Å². The third-order valence-corrected chi connectivity index (χ3v) is 6.81. The maximum atomic E-state index is 4.64. The molecule has 0 atom stereocenters. The fourth-order valence-electron chi connectivity index (χ4n) is 4.56. The minimum absolute atomic E-state index is 0.851. The van der Waals surface area contributed by atoms with Crippen LogP contribution in [0.1, 0.15) is 134 Å². The van der Waals surface area contributed by atoms with Crippen molar-refractivity contribution in [3.05, 3.63) is 47.8 Å². The first kappa shape index (κ1) is 27.5. The first-order valence-electron chi connectivity index (χ1n) is 14.2. The molecule has 0 radical (unpaired) electrons.